The smallest absolute Gasteiger partial charge is 0.410 e. The number of piperidine rings is 2. The van der Waals surface area contributed by atoms with Crippen molar-refractivity contribution in [1.82, 2.24) is 20.0 Å². The summed E-state index contributed by atoms with van der Waals surface area (Å²) in [7, 11) is 0. The summed E-state index contributed by atoms with van der Waals surface area (Å²) in [5, 5.41) is 44.8. The Bertz CT molecular complexity index is 1190. The van der Waals surface area contributed by atoms with Crippen LogP contribution in [0.1, 0.15) is 70.0 Å². The van der Waals surface area contributed by atoms with E-state index in [1.807, 2.05) is 25.7 Å². The molecule has 5 atom stereocenters. The van der Waals surface area contributed by atoms with E-state index in [0.717, 1.165) is 32.5 Å². The van der Waals surface area contributed by atoms with E-state index in [0.29, 0.717) is 83.3 Å². The third-order valence-electron chi connectivity index (χ3n) is 9.43. The van der Waals surface area contributed by atoms with Gasteiger partial charge in [-0.1, -0.05) is 0 Å². The summed E-state index contributed by atoms with van der Waals surface area (Å²) < 4.78 is 38.0. The molecular weight excluding hydrogens is 629 g/mol. The number of aliphatic hydroxyl groups is 4. The molecule has 4 aliphatic rings. The van der Waals surface area contributed by atoms with Crippen LogP contribution in [-0.2, 0) is 18.9 Å². The van der Waals surface area contributed by atoms with Gasteiger partial charge in [-0.15, -0.1) is 0 Å². The number of hydrogen-bond acceptors (Lipinski definition) is 13. The monoisotopic (exact) mass is 683 g/mol. The average molecular weight is 684 g/mol. The van der Waals surface area contributed by atoms with Gasteiger partial charge in [-0.25, -0.2) is 14.1 Å². The minimum absolute atomic E-state index is 0.114. The molecule has 14 nitrogen and oxygen atoms in total. The van der Waals surface area contributed by atoms with Gasteiger partial charge in [-0.2, -0.15) is 0 Å². The molecule has 0 aromatic heterocycles. The first kappa shape index (κ1) is 37.1. The Balaban J connectivity index is 0.934. The topological polar surface area (TPSA) is 160 Å². The molecule has 5 unspecified atom stereocenters. The first-order chi connectivity index (χ1) is 22.9. The number of hydrogen-bond donors (Lipinski definition) is 5. The van der Waals surface area contributed by atoms with E-state index in [2.05, 4.69) is 10.2 Å². The molecule has 272 valence electrons. The number of amides is 1. The maximum absolute atomic E-state index is 15.3. The van der Waals surface area contributed by atoms with Crippen LogP contribution in [0.3, 0.4) is 0 Å². The van der Waals surface area contributed by atoms with Crippen LogP contribution < -0.4 is 10.2 Å². The summed E-state index contributed by atoms with van der Waals surface area (Å²) in [6.07, 6.45) is -2.36. The Morgan fingerprint density at radius 3 is 2.12 bits per heavy atom. The molecule has 4 aliphatic heterocycles. The Labute approximate surface area is 282 Å². The lowest BCUT2D eigenvalue weighted by Gasteiger charge is -2.40. The number of aliphatic hydroxyl groups excluding tert-OH is 4. The van der Waals surface area contributed by atoms with Crippen molar-refractivity contribution in [3.05, 3.63) is 29.1 Å². The Hall–Kier alpha value is -2.18. The number of halogens is 1. The zero-order valence-electron chi connectivity index (χ0n) is 28.4. The Kier molecular flexibility index (Phi) is 12.9. The van der Waals surface area contributed by atoms with E-state index in [-0.39, 0.29) is 17.8 Å². The molecule has 1 amide bonds. The number of carbonyl (C=O) groups is 1. The van der Waals surface area contributed by atoms with E-state index >= 15 is 4.39 Å². The summed E-state index contributed by atoms with van der Waals surface area (Å²) in [5.74, 6) is -0.467. The van der Waals surface area contributed by atoms with Crippen LogP contribution in [0, 0.1) is 5.82 Å². The highest BCUT2D eigenvalue weighted by Crippen LogP contribution is 2.44. The summed E-state index contributed by atoms with van der Waals surface area (Å²) in [6, 6.07) is 2.24. The van der Waals surface area contributed by atoms with Crippen LogP contribution in [0.2, 0.25) is 0 Å². The van der Waals surface area contributed by atoms with E-state index in [9.17, 15) is 25.2 Å². The third kappa shape index (κ3) is 9.53. The SMILES string of the molecule is CC(C)(C)OC(=O)N1CCC(OCCOCCOCCN2CCN(c3cc4c(cc3F)C(O)N(C3CCC(O)NC3O)C4O)CC2)CC1. The van der Waals surface area contributed by atoms with Gasteiger partial charge in [0.2, 0.25) is 0 Å². The molecule has 1 aromatic rings. The molecule has 0 aliphatic carbocycles. The van der Waals surface area contributed by atoms with Crippen LogP contribution in [0.5, 0.6) is 0 Å². The van der Waals surface area contributed by atoms with Crippen LogP contribution in [-0.4, -0.2) is 150 Å². The van der Waals surface area contributed by atoms with Gasteiger partial charge >= 0.3 is 6.09 Å². The Morgan fingerprint density at radius 1 is 0.854 bits per heavy atom. The molecule has 0 radical (unpaired) electrons. The molecule has 1 aromatic carbocycles. The fourth-order valence-corrected chi connectivity index (χ4v) is 6.82. The zero-order chi connectivity index (χ0) is 34.4. The summed E-state index contributed by atoms with van der Waals surface area (Å²) in [5.41, 5.74) is 0.585. The van der Waals surface area contributed by atoms with Gasteiger partial charge in [0.05, 0.1) is 50.9 Å². The van der Waals surface area contributed by atoms with Gasteiger partial charge in [-0.05, 0) is 58.6 Å². The van der Waals surface area contributed by atoms with Crippen LogP contribution >= 0.6 is 0 Å². The van der Waals surface area contributed by atoms with Crippen molar-refractivity contribution in [2.24, 2.45) is 0 Å². The lowest BCUT2D eigenvalue weighted by Crippen LogP contribution is -2.57. The van der Waals surface area contributed by atoms with Gasteiger partial charge < -0.3 is 49.2 Å². The van der Waals surface area contributed by atoms with Crippen molar-refractivity contribution in [2.45, 2.75) is 89.1 Å². The number of nitrogens with one attached hydrogen (secondary N) is 1. The summed E-state index contributed by atoms with van der Waals surface area (Å²) >= 11 is 0. The van der Waals surface area contributed by atoms with Crippen molar-refractivity contribution in [3.8, 4) is 0 Å². The lowest BCUT2D eigenvalue weighted by molar-refractivity contribution is -0.159. The lowest BCUT2D eigenvalue weighted by atomic mass is 10.0. The van der Waals surface area contributed by atoms with Gasteiger partial charge in [-0.3, -0.25) is 10.2 Å². The predicted molar refractivity (Wildman–Crippen MR) is 173 cm³/mol. The fourth-order valence-electron chi connectivity index (χ4n) is 6.82. The minimum Gasteiger partial charge on any atom is -0.444 e. The number of rotatable bonds is 12. The van der Waals surface area contributed by atoms with Crippen LogP contribution in [0.15, 0.2) is 12.1 Å². The van der Waals surface area contributed by atoms with Crippen molar-refractivity contribution in [2.75, 3.05) is 83.7 Å². The molecule has 48 heavy (non-hydrogen) atoms. The van der Waals surface area contributed by atoms with E-state index in [1.54, 1.807) is 11.0 Å². The Morgan fingerprint density at radius 2 is 1.48 bits per heavy atom. The number of carbonyl (C=O) groups excluding carboxylic acids is 1. The number of likely N-dealkylation sites (tertiary alicyclic amines) is 1. The van der Waals surface area contributed by atoms with Gasteiger partial charge in [0, 0.05) is 56.9 Å². The van der Waals surface area contributed by atoms with Crippen molar-refractivity contribution >= 4 is 11.8 Å². The highest BCUT2D eigenvalue weighted by atomic mass is 19.1. The van der Waals surface area contributed by atoms with Gasteiger partial charge in [0.25, 0.3) is 0 Å². The number of ether oxygens (including phenoxy) is 4. The van der Waals surface area contributed by atoms with E-state index in [4.69, 9.17) is 18.9 Å². The third-order valence-corrected chi connectivity index (χ3v) is 9.43. The molecule has 0 spiro atoms. The summed E-state index contributed by atoms with van der Waals surface area (Å²) in [6.45, 7) is 12.7. The fraction of sp³-hybridized carbons (Fsp3) is 0.788. The first-order valence-electron chi connectivity index (χ1n) is 17.2. The van der Waals surface area contributed by atoms with E-state index in [1.165, 1.54) is 11.0 Å². The van der Waals surface area contributed by atoms with Gasteiger partial charge in [0.15, 0.2) is 0 Å². The standard InChI is InChI=1S/C33H54FN5O9/c1-33(2,3)48-32(44)38-8-6-22(7-9-38)47-19-18-46-17-16-45-15-14-36-10-12-37(13-11-36)27-21-24-23(20-25(27)34)30(42)39(31(24)43)26-4-5-28(40)35-29(26)41/h20-22,26,28-31,35,40-43H,4-19H2,1-3H3. The molecule has 3 saturated heterocycles. The van der Waals surface area contributed by atoms with Crippen molar-refractivity contribution in [3.63, 3.8) is 0 Å². The van der Waals surface area contributed by atoms with Crippen LogP contribution in [0.25, 0.3) is 0 Å². The number of benzene rings is 1. The van der Waals surface area contributed by atoms with Crippen LogP contribution in [0.4, 0.5) is 14.9 Å². The second-order valence-electron chi connectivity index (χ2n) is 14.0. The molecule has 3 fully saturated rings. The number of piperazine rings is 1. The first-order valence-corrected chi connectivity index (χ1v) is 17.2. The zero-order valence-corrected chi connectivity index (χ0v) is 28.4. The molecule has 5 N–H and O–H groups in total. The molecule has 4 heterocycles. The van der Waals surface area contributed by atoms with E-state index < -0.39 is 42.4 Å². The number of fused-ring (bicyclic) bond motifs is 1. The van der Waals surface area contributed by atoms with Crippen molar-refractivity contribution in [1.29, 1.82) is 0 Å². The molecule has 15 heteroatoms. The maximum atomic E-state index is 15.3. The highest BCUT2D eigenvalue weighted by molar-refractivity contribution is 5.68. The molecule has 5 rings (SSSR count). The molecular formula is C33H54FN5O9. The second kappa shape index (κ2) is 16.7. The minimum atomic E-state index is -1.27. The normalized spacial score (nSPS) is 27.8. The maximum Gasteiger partial charge on any atom is 0.410 e. The largest absolute Gasteiger partial charge is 0.444 e. The number of anilines is 1. The second-order valence-corrected chi connectivity index (χ2v) is 14.0. The molecule has 0 bridgehead atoms. The summed E-state index contributed by atoms with van der Waals surface area (Å²) in [4.78, 5) is 19.5. The van der Waals surface area contributed by atoms with Gasteiger partial charge in [0.1, 0.15) is 36.3 Å². The molecule has 0 saturated carbocycles. The highest BCUT2D eigenvalue weighted by Gasteiger charge is 2.45. The quantitative estimate of drug-likeness (QED) is 0.200. The average Bonchev–Trinajstić information content (AvgIpc) is 3.27. The van der Waals surface area contributed by atoms with Crippen molar-refractivity contribution < 1.29 is 48.6 Å². The number of nitrogens with zero attached hydrogens (tertiary/aromatic N) is 4. The predicted octanol–water partition coefficient (Wildman–Crippen LogP) is 1.08.